The number of hydrogen-bond acceptors (Lipinski definition) is 6. The van der Waals surface area contributed by atoms with Gasteiger partial charge in [-0.15, -0.1) is 5.10 Å². The van der Waals surface area contributed by atoms with Crippen molar-refractivity contribution >= 4 is 22.5 Å². The fourth-order valence-corrected chi connectivity index (χ4v) is 3.00. The van der Waals surface area contributed by atoms with Crippen LogP contribution in [0.3, 0.4) is 0 Å². The molecule has 3 aromatic heterocycles. The average molecular weight is 343 g/mol. The highest BCUT2D eigenvalue weighted by molar-refractivity contribution is 5.93. The minimum Gasteiger partial charge on any atom is -0.394 e. The monoisotopic (exact) mass is 343 g/mol. The number of rotatable bonds is 8. The van der Waals surface area contributed by atoms with Gasteiger partial charge in [-0.1, -0.05) is 13.3 Å². The van der Waals surface area contributed by atoms with Crippen molar-refractivity contribution < 1.29 is 9.84 Å². The molecular formula is C18H25N5O2. The van der Waals surface area contributed by atoms with Crippen LogP contribution < -0.4 is 5.32 Å². The van der Waals surface area contributed by atoms with Crippen molar-refractivity contribution in [3.63, 3.8) is 0 Å². The lowest BCUT2D eigenvalue weighted by Gasteiger charge is -2.10. The van der Waals surface area contributed by atoms with Gasteiger partial charge in [0.25, 0.3) is 0 Å². The first-order valence-electron chi connectivity index (χ1n) is 8.73. The SMILES string of the molecule is CCCc1cc(NCCOCCO)n2nc3nc(C)cc(C)c3c2n1. The minimum absolute atomic E-state index is 0.0367. The lowest BCUT2D eigenvalue weighted by atomic mass is 10.2. The van der Waals surface area contributed by atoms with Crippen molar-refractivity contribution in [3.05, 3.63) is 29.1 Å². The van der Waals surface area contributed by atoms with E-state index in [2.05, 4.69) is 35.3 Å². The van der Waals surface area contributed by atoms with Crippen LogP contribution in [-0.4, -0.2) is 51.1 Å². The second-order valence-corrected chi connectivity index (χ2v) is 6.16. The van der Waals surface area contributed by atoms with E-state index in [1.807, 2.05) is 17.5 Å². The average Bonchev–Trinajstić information content (AvgIpc) is 2.93. The largest absolute Gasteiger partial charge is 0.394 e. The molecule has 134 valence electrons. The zero-order valence-corrected chi connectivity index (χ0v) is 15.0. The highest BCUT2D eigenvalue weighted by Gasteiger charge is 2.15. The fourth-order valence-electron chi connectivity index (χ4n) is 3.00. The van der Waals surface area contributed by atoms with Gasteiger partial charge in [-0.3, -0.25) is 0 Å². The number of fused-ring (bicyclic) bond motifs is 3. The summed E-state index contributed by atoms with van der Waals surface area (Å²) in [4.78, 5) is 9.38. The molecule has 2 N–H and O–H groups in total. The molecule has 0 aromatic carbocycles. The molecular weight excluding hydrogens is 318 g/mol. The van der Waals surface area contributed by atoms with E-state index in [9.17, 15) is 0 Å². The van der Waals surface area contributed by atoms with E-state index in [-0.39, 0.29) is 6.61 Å². The van der Waals surface area contributed by atoms with Gasteiger partial charge in [0.1, 0.15) is 5.82 Å². The topological polar surface area (TPSA) is 84.6 Å². The van der Waals surface area contributed by atoms with Crippen LogP contribution in [0.15, 0.2) is 12.1 Å². The highest BCUT2D eigenvalue weighted by atomic mass is 16.5. The number of pyridine rings is 1. The fraction of sp³-hybridized carbons (Fsp3) is 0.500. The molecule has 0 radical (unpaired) electrons. The third kappa shape index (κ3) is 3.72. The van der Waals surface area contributed by atoms with E-state index >= 15 is 0 Å². The van der Waals surface area contributed by atoms with Crippen molar-refractivity contribution in [2.24, 2.45) is 0 Å². The summed E-state index contributed by atoms with van der Waals surface area (Å²) < 4.78 is 7.15. The number of aliphatic hydroxyl groups is 1. The number of aromatic nitrogens is 4. The van der Waals surface area contributed by atoms with E-state index in [4.69, 9.17) is 14.8 Å². The minimum atomic E-state index is 0.0367. The van der Waals surface area contributed by atoms with Crippen LogP contribution in [0.5, 0.6) is 0 Å². The van der Waals surface area contributed by atoms with Crippen LogP contribution in [0.4, 0.5) is 5.82 Å². The second-order valence-electron chi connectivity index (χ2n) is 6.16. The normalized spacial score (nSPS) is 11.5. The molecule has 0 saturated heterocycles. The number of nitrogens with one attached hydrogen (secondary N) is 1. The zero-order valence-electron chi connectivity index (χ0n) is 15.0. The van der Waals surface area contributed by atoms with Crippen molar-refractivity contribution in [1.29, 1.82) is 0 Å². The van der Waals surface area contributed by atoms with E-state index in [0.717, 1.165) is 52.3 Å². The van der Waals surface area contributed by atoms with Gasteiger partial charge in [0.2, 0.25) is 0 Å². The zero-order chi connectivity index (χ0) is 17.8. The highest BCUT2D eigenvalue weighted by Crippen LogP contribution is 2.25. The van der Waals surface area contributed by atoms with Crippen LogP contribution in [-0.2, 0) is 11.2 Å². The van der Waals surface area contributed by atoms with E-state index in [1.165, 1.54) is 0 Å². The predicted octanol–water partition coefficient (Wildman–Crippen LogP) is 2.27. The standard InChI is InChI=1S/C18H25N5O2/c1-4-5-14-11-15(19-6-8-25-9-7-24)23-18(21-14)16-12(2)10-13(3)20-17(16)22-23/h10-11,19,24H,4-9H2,1-3H3. The molecule has 3 heterocycles. The number of aliphatic hydroxyl groups excluding tert-OH is 1. The maximum Gasteiger partial charge on any atom is 0.184 e. The molecule has 7 nitrogen and oxygen atoms in total. The molecule has 0 saturated carbocycles. The number of nitrogens with zero attached hydrogens (tertiary/aromatic N) is 4. The summed E-state index contributed by atoms with van der Waals surface area (Å²) in [5.41, 5.74) is 4.68. The summed E-state index contributed by atoms with van der Waals surface area (Å²) >= 11 is 0. The van der Waals surface area contributed by atoms with Gasteiger partial charge >= 0.3 is 0 Å². The second kappa shape index (κ2) is 7.76. The van der Waals surface area contributed by atoms with Gasteiger partial charge in [-0.2, -0.15) is 4.52 Å². The summed E-state index contributed by atoms with van der Waals surface area (Å²) in [5, 5.41) is 17.8. The third-order valence-electron chi connectivity index (χ3n) is 4.02. The molecule has 0 aliphatic heterocycles. The lowest BCUT2D eigenvalue weighted by molar-refractivity contribution is 0.0991. The molecule has 25 heavy (non-hydrogen) atoms. The Labute approximate surface area is 147 Å². The smallest absolute Gasteiger partial charge is 0.184 e. The van der Waals surface area contributed by atoms with Crippen molar-refractivity contribution in [2.45, 2.75) is 33.6 Å². The summed E-state index contributed by atoms with van der Waals surface area (Å²) in [5.74, 6) is 0.885. The molecule has 0 spiro atoms. The molecule has 7 heteroatoms. The molecule has 0 aliphatic rings. The Morgan fingerprint density at radius 2 is 2.04 bits per heavy atom. The van der Waals surface area contributed by atoms with Gasteiger partial charge < -0.3 is 15.2 Å². The van der Waals surface area contributed by atoms with Crippen molar-refractivity contribution in [2.75, 3.05) is 31.7 Å². The quantitative estimate of drug-likeness (QED) is 0.610. The van der Waals surface area contributed by atoms with E-state index in [1.54, 1.807) is 0 Å². The molecule has 0 bridgehead atoms. The first-order chi connectivity index (χ1) is 12.1. The van der Waals surface area contributed by atoms with Crippen LogP contribution in [0, 0.1) is 13.8 Å². The number of ether oxygens (including phenoxy) is 1. The van der Waals surface area contributed by atoms with Gasteiger partial charge in [0.05, 0.1) is 25.2 Å². The van der Waals surface area contributed by atoms with E-state index < -0.39 is 0 Å². The van der Waals surface area contributed by atoms with E-state index in [0.29, 0.717) is 19.8 Å². The molecule has 0 amide bonds. The number of anilines is 1. The van der Waals surface area contributed by atoms with Crippen LogP contribution in [0.2, 0.25) is 0 Å². The van der Waals surface area contributed by atoms with Gasteiger partial charge in [0, 0.05) is 24.0 Å². The summed E-state index contributed by atoms with van der Waals surface area (Å²) in [6, 6.07) is 4.10. The van der Waals surface area contributed by atoms with Gasteiger partial charge in [-0.05, 0) is 31.9 Å². The number of hydrogen-bond donors (Lipinski definition) is 2. The Morgan fingerprint density at radius 3 is 2.80 bits per heavy atom. The Morgan fingerprint density at radius 1 is 1.20 bits per heavy atom. The Balaban J connectivity index is 2.03. The van der Waals surface area contributed by atoms with Crippen molar-refractivity contribution in [1.82, 2.24) is 19.6 Å². The van der Waals surface area contributed by atoms with Crippen molar-refractivity contribution in [3.8, 4) is 0 Å². The molecule has 0 unspecified atom stereocenters. The maximum absolute atomic E-state index is 8.77. The molecule has 0 fully saturated rings. The summed E-state index contributed by atoms with van der Waals surface area (Å²) in [7, 11) is 0. The van der Waals surface area contributed by atoms with Crippen LogP contribution in [0.1, 0.15) is 30.3 Å². The predicted molar refractivity (Wildman–Crippen MR) is 98.2 cm³/mol. The Bertz CT molecular complexity index is 875. The van der Waals surface area contributed by atoms with Crippen LogP contribution in [0.25, 0.3) is 16.7 Å². The molecule has 0 aliphatic carbocycles. The molecule has 3 aromatic rings. The first-order valence-corrected chi connectivity index (χ1v) is 8.73. The molecule has 0 atom stereocenters. The third-order valence-corrected chi connectivity index (χ3v) is 4.02. The number of aryl methyl sites for hydroxylation is 3. The summed E-state index contributed by atoms with van der Waals surface area (Å²) in [6.45, 7) is 7.73. The Hall–Kier alpha value is -2.25. The lowest BCUT2D eigenvalue weighted by Crippen LogP contribution is -2.14. The first kappa shape index (κ1) is 17.6. The van der Waals surface area contributed by atoms with Crippen LogP contribution >= 0.6 is 0 Å². The van der Waals surface area contributed by atoms with Gasteiger partial charge in [0.15, 0.2) is 11.3 Å². The van der Waals surface area contributed by atoms with Gasteiger partial charge in [-0.25, -0.2) is 9.97 Å². The molecule has 3 rings (SSSR count). The maximum atomic E-state index is 8.77. The summed E-state index contributed by atoms with van der Waals surface area (Å²) in [6.07, 6.45) is 1.95. The Kier molecular flexibility index (Phi) is 5.45.